The summed E-state index contributed by atoms with van der Waals surface area (Å²) in [4.78, 5) is 0. The Morgan fingerprint density at radius 3 is 0.920 bits per heavy atom. The number of rotatable bonds is 18. The van der Waals surface area contributed by atoms with Crippen molar-refractivity contribution in [2.24, 2.45) is 17.8 Å². The average Bonchev–Trinajstić information content (AvgIpc) is 2.65. The molecule has 0 aromatic carbocycles. The predicted molar refractivity (Wildman–Crippen MR) is 111 cm³/mol. The summed E-state index contributed by atoms with van der Waals surface area (Å²) in [6, 6.07) is 0. The molecule has 0 aliphatic heterocycles. The summed E-state index contributed by atoms with van der Waals surface area (Å²) in [6.45, 7) is 15.8. The molecule has 0 unspecified atom stereocenters. The maximum atomic E-state index is 5.99. The van der Waals surface area contributed by atoms with Gasteiger partial charge < -0.3 is 13.6 Å². The SMILES string of the molecule is CCC(CC)CCOP(OCCC(CC)CC)OCCC(CC)CC. The highest BCUT2D eigenvalue weighted by Gasteiger charge is 2.16. The third-order valence-electron chi connectivity index (χ3n) is 5.63. The molecule has 0 bridgehead atoms. The highest BCUT2D eigenvalue weighted by Crippen LogP contribution is 2.41. The fraction of sp³-hybridized carbons (Fsp3) is 1.00. The molecule has 0 spiro atoms. The van der Waals surface area contributed by atoms with Crippen molar-refractivity contribution in [1.29, 1.82) is 0 Å². The van der Waals surface area contributed by atoms with Gasteiger partial charge in [-0.3, -0.25) is 0 Å². The molecule has 0 aromatic heterocycles. The van der Waals surface area contributed by atoms with E-state index in [1.807, 2.05) is 0 Å². The first-order valence-corrected chi connectivity index (χ1v) is 11.9. The van der Waals surface area contributed by atoms with E-state index in [0.29, 0.717) is 0 Å². The molecule has 0 N–H and O–H groups in total. The zero-order valence-corrected chi connectivity index (χ0v) is 18.8. The van der Waals surface area contributed by atoms with Crippen LogP contribution >= 0.6 is 8.60 Å². The van der Waals surface area contributed by atoms with E-state index in [1.54, 1.807) is 0 Å². The van der Waals surface area contributed by atoms with Gasteiger partial charge >= 0.3 is 8.60 Å². The second-order valence-corrected chi connectivity index (χ2v) is 8.36. The van der Waals surface area contributed by atoms with Gasteiger partial charge in [-0.25, -0.2) is 0 Å². The number of hydrogen-bond donors (Lipinski definition) is 0. The zero-order chi connectivity index (χ0) is 18.9. The molecule has 0 aliphatic rings. The Bertz CT molecular complexity index is 221. The Kier molecular flexibility index (Phi) is 17.9. The first kappa shape index (κ1) is 25.3. The lowest BCUT2D eigenvalue weighted by molar-refractivity contribution is 0.139. The van der Waals surface area contributed by atoms with Crippen LogP contribution in [0.3, 0.4) is 0 Å². The van der Waals surface area contributed by atoms with Gasteiger partial charge in [0.25, 0.3) is 0 Å². The summed E-state index contributed by atoms with van der Waals surface area (Å²) >= 11 is 0. The molecule has 0 saturated carbocycles. The summed E-state index contributed by atoms with van der Waals surface area (Å²) in [7, 11) is -1.18. The lowest BCUT2D eigenvalue weighted by Gasteiger charge is -2.21. The van der Waals surface area contributed by atoms with Crippen molar-refractivity contribution in [3.63, 3.8) is 0 Å². The van der Waals surface area contributed by atoms with Gasteiger partial charge in [-0.05, 0) is 37.0 Å². The van der Waals surface area contributed by atoms with Crippen LogP contribution in [0.1, 0.15) is 99.3 Å². The molecular formula is C21H45O3P. The molecule has 0 aliphatic carbocycles. The largest absolute Gasteiger partial charge is 0.332 e. The van der Waals surface area contributed by atoms with Crippen molar-refractivity contribution in [2.75, 3.05) is 19.8 Å². The smallest absolute Gasteiger partial charge is 0.312 e. The Labute approximate surface area is 159 Å². The molecule has 0 heterocycles. The third kappa shape index (κ3) is 13.2. The Morgan fingerprint density at radius 1 is 0.480 bits per heavy atom. The molecule has 0 aromatic rings. The van der Waals surface area contributed by atoms with E-state index in [2.05, 4.69) is 41.5 Å². The molecule has 0 rings (SSSR count). The van der Waals surface area contributed by atoms with Gasteiger partial charge in [0.15, 0.2) is 0 Å². The van der Waals surface area contributed by atoms with Crippen molar-refractivity contribution in [3.05, 3.63) is 0 Å². The highest BCUT2D eigenvalue weighted by atomic mass is 31.2. The van der Waals surface area contributed by atoms with Gasteiger partial charge in [-0.1, -0.05) is 80.1 Å². The van der Waals surface area contributed by atoms with Crippen molar-refractivity contribution >= 4 is 8.60 Å². The molecule has 25 heavy (non-hydrogen) atoms. The quantitative estimate of drug-likeness (QED) is 0.229. The van der Waals surface area contributed by atoms with Crippen LogP contribution < -0.4 is 0 Å². The van der Waals surface area contributed by atoms with Crippen LogP contribution in [0.5, 0.6) is 0 Å². The van der Waals surface area contributed by atoms with Crippen molar-refractivity contribution in [3.8, 4) is 0 Å². The van der Waals surface area contributed by atoms with E-state index >= 15 is 0 Å². The normalized spacial score (nSPS) is 12.2. The van der Waals surface area contributed by atoms with Crippen LogP contribution in [0, 0.1) is 17.8 Å². The minimum absolute atomic E-state index is 0.756. The highest BCUT2D eigenvalue weighted by molar-refractivity contribution is 7.41. The van der Waals surface area contributed by atoms with Gasteiger partial charge in [0.05, 0.1) is 19.8 Å². The zero-order valence-electron chi connectivity index (χ0n) is 17.9. The molecule has 4 heteroatoms. The maximum Gasteiger partial charge on any atom is 0.332 e. The van der Waals surface area contributed by atoms with Gasteiger partial charge in [-0.2, -0.15) is 0 Å². The molecule has 0 saturated heterocycles. The standard InChI is InChI=1S/C21H45O3P/c1-7-19(8-2)13-16-22-25(23-17-14-20(9-3)10-4)24-18-15-21(11-5)12-6/h19-21H,7-18H2,1-6H3. The van der Waals surface area contributed by atoms with Gasteiger partial charge in [0.1, 0.15) is 0 Å². The van der Waals surface area contributed by atoms with Crippen LogP contribution in [-0.2, 0) is 13.6 Å². The molecular weight excluding hydrogens is 331 g/mol. The minimum atomic E-state index is -1.18. The fourth-order valence-electron chi connectivity index (χ4n) is 3.08. The van der Waals surface area contributed by atoms with Crippen molar-refractivity contribution in [2.45, 2.75) is 99.3 Å². The maximum absolute atomic E-state index is 5.99. The molecule has 0 radical (unpaired) electrons. The first-order chi connectivity index (χ1) is 12.1. The van der Waals surface area contributed by atoms with Gasteiger partial charge in [0.2, 0.25) is 0 Å². The Hall–Kier alpha value is 0.310. The molecule has 0 amide bonds. The van der Waals surface area contributed by atoms with Crippen molar-refractivity contribution < 1.29 is 13.6 Å². The Balaban J connectivity index is 4.24. The first-order valence-electron chi connectivity index (χ1n) is 10.8. The molecule has 3 nitrogen and oxygen atoms in total. The molecule has 0 fully saturated rings. The minimum Gasteiger partial charge on any atom is -0.312 e. The second kappa shape index (κ2) is 17.7. The van der Waals surface area contributed by atoms with Crippen LogP contribution in [0.15, 0.2) is 0 Å². The number of hydrogen-bond acceptors (Lipinski definition) is 3. The lowest BCUT2D eigenvalue weighted by atomic mass is 10.0. The van der Waals surface area contributed by atoms with Gasteiger partial charge in [-0.15, -0.1) is 0 Å². The lowest BCUT2D eigenvalue weighted by Crippen LogP contribution is -2.08. The topological polar surface area (TPSA) is 27.7 Å². The van der Waals surface area contributed by atoms with Crippen LogP contribution in [0.4, 0.5) is 0 Å². The third-order valence-corrected chi connectivity index (χ3v) is 6.81. The second-order valence-electron chi connectivity index (χ2n) is 7.14. The van der Waals surface area contributed by atoms with Gasteiger partial charge in [0, 0.05) is 0 Å². The fourth-order valence-corrected chi connectivity index (χ4v) is 4.07. The van der Waals surface area contributed by atoms with E-state index in [9.17, 15) is 0 Å². The van der Waals surface area contributed by atoms with E-state index in [1.165, 1.54) is 38.5 Å². The summed E-state index contributed by atoms with van der Waals surface area (Å²) in [6.07, 6.45) is 10.7. The Morgan fingerprint density at radius 2 is 0.720 bits per heavy atom. The summed E-state index contributed by atoms with van der Waals surface area (Å²) in [5.41, 5.74) is 0. The van der Waals surface area contributed by atoms with Crippen LogP contribution in [-0.4, -0.2) is 19.8 Å². The van der Waals surface area contributed by atoms with E-state index in [0.717, 1.165) is 56.8 Å². The van der Waals surface area contributed by atoms with E-state index in [4.69, 9.17) is 13.6 Å². The monoisotopic (exact) mass is 376 g/mol. The summed E-state index contributed by atoms with van der Waals surface area (Å²) in [5.74, 6) is 2.27. The van der Waals surface area contributed by atoms with E-state index in [-0.39, 0.29) is 0 Å². The molecule has 0 atom stereocenters. The van der Waals surface area contributed by atoms with Crippen LogP contribution in [0.25, 0.3) is 0 Å². The summed E-state index contributed by atoms with van der Waals surface area (Å²) in [5, 5.41) is 0. The van der Waals surface area contributed by atoms with Crippen LogP contribution in [0.2, 0.25) is 0 Å². The van der Waals surface area contributed by atoms with Crippen molar-refractivity contribution in [1.82, 2.24) is 0 Å². The molecule has 152 valence electrons. The predicted octanol–water partition coefficient (Wildman–Crippen LogP) is 7.74. The summed E-state index contributed by atoms with van der Waals surface area (Å²) < 4.78 is 18.0. The average molecular weight is 377 g/mol. The van der Waals surface area contributed by atoms with E-state index < -0.39 is 8.60 Å².